The molecule has 0 aliphatic rings. The highest BCUT2D eigenvalue weighted by Gasteiger charge is 2.07. The van der Waals surface area contributed by atoms with Gasteiger partial charge in [-0.05, 0) is 32.4 Å². The molecule has 0 aliphatic carbocycles. The van der Waals surface area contributed by atoms with Crippen LogP contribution < -0.4 is 0 Å². The predicted octanol–water partition coefficient (Wildman–Crippen LogP) is 2.20. The third kappa shape index (κ3) is 13.0. The molecular formula is C17H28O8. The molecule has 0 aliphatic heterocycles. The molecule has 0 heterocycles. The Bertz CT molecular complexity index is 402. The van der Waals surface area contributed by atoms with Gasteiger partial charge in [0, 0.05) is 39.3 Å². The van der Waals surface area contributed by atoms with Crippen molar-refractivity contribution >= 4 is 11.9 Å². The lowest BCUT2D eigenvalue weighted by Gasteiger charge is -2.07. The summed E-state index contributed by atoms with van der Waals surface area (Å²) in [5.41, 5.74) is 0. The van der Waals surface area contributed by atoms with Gasteiger partial charge in [0.25, 0.3) is 0 Å². The van der Waals surface area contributed by atoms with Crippen LogP contribution in [0.2, 0.25) is 0 Å². The van der Waals surface area contributed by atoms with E-state index in [0.717, 1.165) is 6.42 Å². The van der Waals surface area contributed by atoms with Crippen LogP contribution in [0.1, 0.15) is 33.1 Å². The molecule has 2 N–H and O–H groups in total. The number of rotatable bonds is 14. The molecule has 0 fully saturated rings. The minimum absolute atomic E-state index is 0.189. The summed E-state index contributed by atoms with van der Waals surface area (Å²) in [4.78, 5) is 22.2. The summed E-state index contributed by atoms with van der Waals surface area (Å²) in [6.07, 6.45) is 4.37. The number of aliphatic hydroxyl groups is 2. The van der Waals surface area contributed by atoms with Gasteiger partial charge in [-0.25, -0.2) is 9.59 Å². The van der Waals surface area contributed by atoms with Gasteiger partial charge in [-0.1, -0.05) is 0 Å². The maximum Gasteiger partial charge on any atom is 0.373 e. The number of allylic oxidation sites excluding steroid dienone is 2. The van der Waals surface area contributed by atoms with Gasteiger partial charge in [-0.3, -0.25) is 0 Å². The Labute approximate surface area is 148 Å². The molecule has 0 aromatic heterocycles. The van der Waals surface area contributed by atoms with Crippen molar-refractivity contribution in [3.63, 3.8) is 0 Å². The number of carbonyl (C=O) groups is 2. The second-order valence-corrected chi connectivity index (χ2v) is 4.91. The molecular weight excluding hydrogens is 332 g/mol. The van der Waals surface area contributed by atoms with Crippen LogP contribution in [-0.2, 0) is 28.5 Å². The molecule has 0 saturated heterocycles. The van der Waals surface area contributed by atoms with Crippen LogP contribution in [0.15, 0.2) is 23.7 Å². The van der Waals surface area contributed by atoms with E-state index in [4.69, 9.17) is 29.2 Å². The first-order chi connectivity index (χ1) is 12.0. The molecule has 0 spiro atoms. The van der Waals surface area contributed by atoms with Crippen LogP contribution in [-0.4, -0.2) is 61.8 Å². The van der Waals surface area contributed by atoms with Gasteiger partial charge in [0.2, 0.25) is 0 Å². The van der Waals surface area contributed by atoms with Gasteiger partial charge in [-0.2, -0.15) is 0 Å². The zero-order valence-electron chi connectivity index (χ0n) is 14.9. The lowest BCUT2D eigenvalue weighted by atomic mass is 10.4. The number of ether oxygens (including phenoxy) is 4. The van der Waals surface area contributed by atoms with Crippen LogP contribution in [0, 0.1) is 0 Å². The summed E-state index contributed by atoms with van der Waals surface area (Å²) in [6.45, 7) is 5.42. The van der Waals surface area contributed by atoms with E-state index in [1.54, 1.807) is 13.8 Å². The molecule has 0 aromatic rings. The third-order valence-corrected chi connectivity index (χ3v) is 2.87. The fourth-order valence-corrected chi connectivity index (χ4v) is 1.50. The van der Waals surface area contributed by atoms with Gasteiger partial charge < -0.3 is 29.2 Å². The Kier molecular flexibility index (Phi) is 14.2. The minimum atomic E-state index is -0.734. The van der Waals surface area contributed by atoms with E-state index >= 15 is 0 Å². The van der Waals surface area contributed by atoms with E-state index in [-0.39, 0.29) is 13.2 Å². The predicted molar refractivity (Wildman–Crippen MR) is 90.2 cm³/mol. The number of aliphatic hydroxyl groups excluding tert-OH is 2. The molecule has 144 valence electrons. The molecule has 0 radical (unpaired) electrons. The first-order valence-electron chi connectivity index (χ1n) is 8.23. The summed E-state index contributed by atoms with van der Waals surface area (Å²) in [7, 11) is 0. The number of carbonyl (C=O) groups excluding carboxylic acids is 2. The zero-order valence-corrected chi connectivity index (χ0v) is 14.9. The highest BCUT2D eigenvalue weighted by molar-refractivity contribution is 5.85. The van der Waals surface area contributed by atoms with E-state index in [9.17, 15) is 9.59 Å². The maximum atomic E-state index is 11.1. The Balaban J connectivity index is 3.29. The summed E-state index contributed by atoms with van der Waals surface area (Å²) in [5.74, 6) is -2.26. The number of esters is 2. The Morgan fingerprint density at radius 3 is 1.32 bits per heavy atom. The van der Waals surface area contributed by atoms with Crippen molar-refractivity contribution in [2.24, 2.45) is 0 Å². The van der Waals surface area contributed by atoms with Crippen LogP contribution in [0.3, 0.4) is 0 Å². The maximum absolute atomic E-state index is 11.1. The normalized spacial score (nSPS) is 12.1. The fraction of sp³-hybridized carbons (Fsp3) is 0.647. The second kappa shape index (κ2) is 15.5. The zero-order chi connectivity index (χ0) is 18.9. The van der Waals surface area contributed by atoms with Crippen molar-refractivity contribution in [1.29, 1.82) is 0 Å². The molecule has 0 aromatic carbocycles. The molecule has 0 saturated carbocycles. The van der Waals surface area contributed by atoms with E-state index in [1.165, 1.54) is 12.2 Å². The van der Waals surface area contributed by atoms with Crippen molar-refractivity contribution in [3.8, 4) is 0 Å². The largest absolute Gasteiger partial charge is 0.502 e. The van der Waals surface area contributed by atoms with Crippen LogP contribution >= 0.6 is 0 Å². The van der Waals surface area contributed by atoms with E-state index in [1.807, 2.05) is 0 Å². The van der Waals surface area contributed by atoms with Crippen molar-refractivity contribution in [3.05, 3.63) is 23.7 Å². The standard InChI is InChI=1S/C17H28O8/c1-3-14(18)16(20)24-12-6-10-22-8-5-9-23-11-7-13-25-17(21)15(19)4-2/h3-4,18-19H,5-13H2,1-2H3. The molecule has 8 nitrogen and oxygen atoms in total. The summed E-state index contributed by atoms with van der Waals surface area (Å²) >= 11 is 0. The molecule has 0 bridgehead atoms. The first-order valence-corrected chi connectivity index (χ1v) is 8.23. The van der Waals surface area contributed by atoms with Crippen molar-refractivity contribution < 1.29 is 38.7 Å². The van der Waals surface area contributed by atoms with Crippen LogP contribution in [0.5, 0.6) is 0 Å². The smallest absolute Gasteiger partial charge is 0.373 e. The molecule has 8 heteroatoms. The first kappa shape index (κ1) is 22.9. The topological polar surface area (TPSA) is 112 Å². The monoisotopic (exact) mass is 360 g/mol. The third-order valence-electron chi connectivity index (χ3n) is 2.87. The molecule has 25 heavy (non-hydrogen) atoms. The molecule has 0 unspecified atom stereocenters. The Morgan fingerprint density at radius 1 is 0.680 bits per heavy atom. The van der Waals surface area contributed by atoms with E-state index in [2.05, 4.69) is 0 Å². The Hall–Kier alpha value is -2.06. The Morgan fingerprint density at radius 2 is 1.00 bits per heavy atom. The van der Waals surface area contributed by atoms with Gasteiger partial charge in [-0.15, -0.1) is 0 Å². The van der Waals surface area contributed by atoms with Gasteiger partial charge in [0.15, 0.2) is 11.5 Å². The fourth-order valence-electron chi connectivity index (χ4n) is 1.50. The van der Waals surface area contributed by atoms with Crippen LogP contribution in [0.25, 0.3) is 0 Å². The highest BCUT2D eigenvalue weighted by atomic mass is 16.6. The highest BCUT2D eigenvalue weighted by Crippen LogP contribution is 1.96. The average Bonchev–Trinajstić information content (AvgIpc) is 2.63. The quantitative estimate of drug-likeness (QED) is 0.210. The minimum Gasteiger partial charge on any atom is -0.502 e. The SMILES string of the molecule is CC=C(O)C(=O)OCCCOCCCOCCCOC(=O)C(O)=CC. The second-order valence-electron chi connectivity index (χ2n) is 4.91. The van der Waals surface area contributed by atoms with Crippen molar-refractivity contribution in [2.45, 2.75) is 33.1 Å². The average molecular weight is 360 g/mol. The van der Waals surface area contributed by atoms with E-state index in [0.29, 0.717) is 39.3 Å². The summed E-state index contributed by atoms with van der Waals surface area (Å²) in [6, 6.07) is 0. The molecule has 0 atom stereocenters. The van der Waals surface area contributed by atoms with Crippen molar-refractivity contribution in [2.75, 3.05) is 39.6 Å². The lowest BCUT2D eigenvalue weighted by Crippen LogP contribution is -2.11. The lowest BCUT2D eigenvalue weighted by molar-refractivity contribution is -0.143. The molecule has 0 amide bonds. The van der Waals surface area contributed by atoms with E-state index < -0.39 is 23.5 Å². The van der Waals surface area contributed by atoms with Gasteiger partial charge >= 0.3 is 11.9 Å². The summed E-state index contributed by atoms with van der Waals surface area (Å²) in [5, 5.41) is 18.1. The summed E-state index contributed by atoms with van der Waals surface area (Å²) < 4.78 is 20.3. The number of hydrogen-bond donors (Lipinski definition) is 2. The van der Waals surface area contributed by atoms with Crippen LogP contribution in [0.4, 0.5) is 0 Å². The van der Waals surface area contributed by atoms with Gasteiger partial charge in [0.1, 0.15) is 0 Å². The number of hydrogen-bond acceptors (Lipinski definition) is 8. The van der Waals surface area contributed by atoms with Crippen molar-refractivity contribution in [1.82, 2.24) is 0 Å². The van der Waals surface area contributed by atoms with Gasteiger partial charge in [0.05, 0.1) is 13.2 Å². The molecule has 0 rings (SSSR count).